The number of hydrogen-bond acceptors (Lipinski definition) is 2. The van der Waals surface area contributed by atoms with Crippen LogP contribution in [-0.4, -0.2) is 5.78 Å². The molecule has 68 valence electrons. The molecule has 0 aliphatic heterocycles. The molecule has 0 aliphatic rings. The molecule has 0 saturated heterocycles. The van der Waals surface area contributed by atoms with Crippen LogP contribution in [0.15, 0.2) is 22.9 Å². The maximum atomic E-state index is 10.5. The molecule has 0 atom stereocenters. The Bertz CT molecular complexity index is 189. The fourth-order valence-electron chi connectivity index (χ4n) is 0.227. The molecule has 0 bridgehead atoms. The average Bonchev–Trinajstić information content (AvgIpc) is 2.39. The Morgan fingerprint density at radius 2 is 1.50 bits per heavy atom. The lowest BCUT2D eigenvalue weighted by atomic mass is 9.92. The fraction of sp³-hybridized carbons (Fsp3) is 0.500. The van der Waals surface area contributed by atoms with E-state index in [-0.39, 0.29) is 11.2 Å². The molecule has 1 rings (SSSR count). The van der Waals surface area contributed by atoms with Crippen LogP contribution in [0.3, 0.4) is 0 Å². The minimum atomic E-state index is -0.139. The van der Waals surface area contributed by atoms with Crippen molar-refractivity contribution in [2.24, 2.45) is 5.41 Å². The molecule has 0 radical (unpaired) electrons. The predicted octanol–water partition coefficient (Wildman–Crippen LogP) is 3.37. The molecule has 0 amide bonds. The van der Waals surface area contributed by atoms with Crippen molar-refractivity contribution < 1.29 is 4.79 Å². The summed E-state index contributed by atoms with van der Waals surface area (Å²) in [5.74, 6) is 0.243. The molecule has 0 unspecified atom stereocenters. The number of carbonyl (C=O) groups excluding carboxylic acids is 1. The quantitative estimate of drug-likeness (QED) is 0.604. The summed E-state index contributed by atoms with van der Waals surface area (Å²) in [5.41, 5.74) is -0.139. The van der Waals surface area contributed by atoms with Gasteiger partial charge >= 0.3 is 0 Å². The van der Waals surface area contributed by atoms with E-state index in [1.165, 1.54) is 0 Å². The summed E-state index contributed by atoms with van der Waals surface area (Å²) < 4.78 is 0. The van der Waals surface area contributed by atoms with E-state index >= 15 is 0 Å². The normalized spacial score (nSPS) is 10.0. The molecule has 1 heterocycles. The van der Waals surface area contributed by atoms with Gasteiger partial charge in [0.2, 0.25) is 0 Å². The Hall–Kier alpha value is -0.630. The van der Waals surface area contributed by atoms with E-state index in [1.807, 2.05) is 43.7 Å². The lowest BCUT2D eigenvalue weighted by Gasteiger charge is -2.11. The van der Waals surface area contributed by atoms with E-state index in [0.29, 0.717) is 0 Å². The highest BCUT2D eigenvalue weighted by Crippen LogP contribution is 2.12. The monoisotopic (exact) mass is 184 g/mol. The number of carbonyl (C=O) groups is 1. The van der Waals surface area contributed by atoms with Crippen molar-refractivity contribution >= 4 is 17.1 Å². The van der Waals surface area contributed by atoms with E-state index in [0.717, 1.165) is 0 Å². The summed E-state index contributed by atoms with van der Waals surface area (Å²) in [6.45, 7) is 7.35. The standard InChI is InChI=1S/C6H12O.C4H4S/c1-5(7)6(2,3)4;1-2-4-5-3-1/h1-4H3;1-4H. The smallest absolute Gasteiger partial charge is 0.135 e. The van der Waals surface area contributed by atoms with Crippen LogP contribution in [0.25, 0.3) is 0 Å². The van der Waals surface area contributed by atoms with Gasteiger partial charge in [-0.2, -0.15) is 11.3 Å². The fourth-order valence-corrected chi connectivity index (χ4v) is 0.680. The van der Waals surface area contributed by atoms with E-state index in [9.17, 15) is 4.79 Å². The zero-order valence-corrected chi connectivity index (χ0v) is 8.94. The number of thiophene rings is 1. The van der Waals surface area contributed by atoms with Crippen LogP contribution in [0, 0.1) is 5.41 Å². The van der Waals surface area contributed by atoms with E-state index in [1.54, 1.807) is 18.3 Å². The minimum Gasteiger partial charge on any atom is -0.299 e. The summed E-state index contributed by atoms with van der Waals surface area (Å²) in [6, 6.07) is 4.04. The largest absolute Gasteiger partial charge is 0.299 e. The van der Waals surface area contributed by atoms with Gasteiger partial charge in [0.1, 0.15) is 5.78 Å². The van der Waals surface area contributed by atoms with Crippen molar-refractivity contribution in [3.05, 3.63) is 22.9 Å². The Morgan fingerprint density at radius 1 is 1.17 bits per heavy atom. The van der Waals surface area contributed by atoms with Crippen LogP contribution in [0.2, 0.25) is 0 Å². The van der Waals surface area contributed by atoms with Gasteiger partial charge in [-0.1, -0.05) is 32.9 Å². The van der Waals surface area contributed by atoms with Crippen molar-refractivity contribution in [2.45, 2.75) is 27.7 Å². The molecule has 0 fully saturated rings. The maximum absolute atomic E-state index is 10.5. The number of rotatable bonds is 0. The Kier molecular flexibility index (Phi) is 4.83. The first-order valence-electron chi connectivity index (χ1n) is 3.93. The molecule has 1 aromatic rings. The van der Waals surface area contributed by atoms with Gasteiger partial charge in [0.15, 0.2) is 0 Å². The predicted molar refractivity (Wildman–Crippen MR) is 54.5 cm³/mol. The first kappa shape index (κ1) is 11.4. The molecule has 2 heteroatoms. The second-order valence-corrected chi connectivity index (χ2v) is 4.42. The van der Waals surface area contributed by atoms with Crippen molar-refractivity contribution in [2.75, 3.05) is 0 Å². The van der Waals surface area contributed by atoms with Gasteiger partial charge in [0.05, 0.1) is 0 Å². The summed E-state index contributed by atoms with van der Waals surface area (Å²) >= 11 is 1.71. The average molecular weight is 184 g/mol. The van der Waals surface area contributed by atoms with Crippen molar-refractivity contribution in [3.63, 3.8) is 0 Å². The molecule has 1 aromatic heterocycles. The van der Waals surface area contributed by atoms with Crippen LogP contribution >= 0.6 is 11.3 Å². The molecule has 0 aromatic carbocycles. The summed E-state index contributed by atoms with van der Waals surface area (Å²) in [7, 11) is 0. The zero-order chi connectivity index (χ0) is 9.61. The summed E-state index contributed by atoms with van der Waals surface area (Å²) in [6.07, 6.45) is 0. The first-order valence-corrected chi connectivity index (χ1v) is 4.87. The minimum absolute atomic E-state index is 0.139. The molecule has 0 N–H and O–H groups in total. The van der Waals surface area contributed by atoms with Crippen molar-refractivity contribution in [3.8, 4) is 0 Å². The van der Waals surface area contributed by atoms with Crippen LogP contribution in [-0.2, 0) is 4.79 Å². The van der Waals surface area contributed by atoms with Gasteiger partial charge in [0.25, 0.3) is 0 Å². The molecule has 1 nitrogen and oxygen atoms in total. The Labute approximate surface area is 78.4 Å². The third kappa shape index (κ3) is 6.10. The third-order valence-electron chi connectivity index (χ3n) is 1.48. The maximum Gasteiger partial charge on any atom is 0.135 e. The summed E-state index contributed by atoms with van der Waals surface area (Å²) in [5, 5.41) is 4.08. The first-order chi connectivity index (χ1) is 5.44. The van der Waals surface area contributed by atoms with Gasteiger partial charge in [-0.25, -0.2) is 0 Å². The van der Waals surface area contributed by atoms with Gasteiger partial charge in [0, 0.05) is 5.41 Å². The van der Waals surface area contributed by atoms with Gasteiger partial charge < -0.3 is 0 Å². The molecular weight excluding hydrogens is 168 g/mol. The van der Waals surface area contributed by atoms with Gasteiger partial charge in [-0.3, -0.25) is 4.79 Å². The second kappa shape index (κ2) is 5.09. The van der Waals surface area contributed by atoms with Gasteiger partial charge in [-0.15, -0.1) is 0 Å². The highest BCUT2D eigenvalue weighted by atomic mass is 32.1. The number of Topliss-reactive ketones (excluding diaryl/α,β-unsaturated/α-hetero) is 1. The highest BCUT2D eigenvalue weighted by molar-refractivity contribution is 7.07. The number of hydrogen-bond donors (Lipinski definition) is 0. The van der Waals surface area contributed by atoms with Crippen LogP contribution in [0.5, 0.6) is 0 Å². The molecular formula is C10H16OS. The Morgan fingerprint density at radius 3 is 1.58 bits per heavy atom. The van der Waals surface area contributed by atoms with Crippen molar-refractivity contribution in [1.29, 1.82) is 0 Å². The lowest BCUT2D eigenvalue weighted by Crippen LogP contribution is -2.15. The van der Waals surface area contributed by atoms with Crippen molar-refractivity contribution in [1.82, 2.24) is 0 Å². The third-order valence-corrected chi connectivity index (χ3v) is 2.11. The number of ketones is 1. The van der Waals surface area contributed by atoms with Crippen LogP contribution in [0.4, 0.5) is 0 Å². The van der Waals surface area contributed by atoms with E-state index in [2.05, 4.69) is 0 Å². The highest BCUT2D eigenvalue weighted by Gasteiger charge is 2.14. The summed E-state index contributed by atoms with van der Waals surface area (Å²) in [4.78, 5) is 10.5. The van der Waals surface area contributed by atoms with E-state index < -0.39 is 0 Å². The van der Waals surface area contributed by atoms with Gasteiger partial charge in [-0.05, 0) is 17.7 Å². The van der Waals surface area contributed by atoms with Crippen LogP contribution < -0.4 is 0 Å². The molecule has 0 saturated carbocycles. The Balaban J connectivity index is 0.000000211. The second-order valence-electron chi connectivity index (χ2n) is 3.60. The SMILES string of the molecule is CC(=O)C(C)(C)C.c1ccsc1. The molecule has 12 heavy (non-hydrogen) atoms. The van der Waals surface area contributed by atoms with E-state index in [4.69, 9.17) is 0 Å². The molecule has 0 spiro atoms. The zero-order valence-electron chi connectivity index (χ0n) is 8.13. The van der Waals surface area contributed by atoms with Crippen LogP contribution in [0.1, 0.15) is 27.7 Å². The lowest BCUT2D eigenvalue weighted by molar-refractivity contribution is -0.124. The molecule has 0 aliphatic carbocycles. The topological polar surface area (TPSA) is 17.1 Å².